The zero-order valence-electron chi connectivity index (χ0n) is 12.1. The zero-order chi connectivity index (χ0) is 15.2. The molecule has 0 aliphatic carbocycles. The van der Waals surface area contributed by atoms with E-state index in [-0.39, 0.29) is 11.8 Å². The summed E-state index contributed by atoms with van der Waals surface area (Å²) in [7, 11) is 0. The lowest BCUT2D eigenvalue weighted by Gasteiger charge is -2.20. The molecular weight excluding hydrogens is 288 g/mol. The van der Waals surface area contributed by atoms with Crippen LogP contribution in [0, 0.1) is 0 Å². The SMILES string of the molecule is NC(=O)CCCN1CCC(c2cccc(Cl)c2)CCC1=O. The largest absolute Gasteiger partial charge is 0.370 e. The fourth-order valence-electron chi connectivity index (χ4n) is 2.81. The van der Waals surface area contributed by atoms with Crippen molar-refractivity contribution in [2.45, 2.75) is 38.0 Å². The van der Waals surface area contributed by atoms with Crippen molar-refractivity contribution in [1.82, 2.24) is 4.90 Å². The summed E-state index contributed by atoms with van der Waals surface area (Å²) in [6, 6.07) is 7.88. The van der Waals surface area contributed by atoms with Crippen molar-refractivity contribution < 1.29 is 9.59 Å². The molecule has 2 N–H and O–H groups in total. The van der Waals surface area contributed by atoms with Crippen LogP contribution < -0.4 is 5.73 Å². The first-order valence-electron chi connectivity index (χ1n) is 7.38. The highest BCUT2D eigenvalue weighted by molar-refractivity contribution is 6.30. The van der Waals surface area contributed by atoms with Crippen molar-refractivity contribution >= 4 is 23.4 Å². The molecule has 1 aliphatic rings. The summed E-state index contributed by atoms with van der Waals surface area (Å²) < 4.78 is 0. The van der Waals surface area contributed by atoms with Gasteiger partial charge in [-0.25, -0.2) is 0 Å². The molecule has 0 bridgehead atoms. The van der Waals surface area contributed by atoms with Crippen LogP contribution >= 0.6 is 11.6 Å². The molecule has 1 unspecified atom stereocenters. The van der Waals surface area contributed by atoms with Crippen LogP contribution in [0.5, 0.6) is 0 Å². The molecule has 0 spiro atoms. The minimum Gasteiger partial charge on any atom is -0.370 e. The molecule has 2 amide bonds. The third-order valence-electron chi connectivity index (χ3n) is 3.98. The van der Waals surface area contributed by atoms with Gasteiger partial charge >= 0.3 is 0 Å². The molecule has 1 atom stereocenters. The van der Waals surface area contributed by atoms with E-state index in [1.54, 1.807) is 0 Å². The van der Waals surface area contributed by atoms with Crippen molar-refractivity contribution in [2.24, 2.45) is 5.73 Å². The van der Waals surface area contributed by atoms with E-state index in [9.17, 15) is 9.59 Å². The molecule has 2 rings (SSSR count). The molecule has 1 aromatic rings. The summed E-state index contributed by atoms with van der Waals surface area (Å²) >= 11 is 6.04. The molecule has 1 fully saturated rings. The fraction of sp³-hybridized carbons (Fsp3) is 0.500. The number of likely N-dealkylation sites (tertiary alicyclic amines) is 1. The quantitative estimate of drug-likeness (QED) is 0.909. The first kappa shape index (κ1) is 15.8. The first-order valence-corrected chi connectivity index (χ1v) is 7.75. The van der Waals surface area contributed by atoms with Gasteiger partial charge in [-0.2, -0.15) is 0 Å². The van der Waals surface area contributed by atoms with Gasteiger partial charge in [0.05, 0.1) is 0 Å². The van der Waals surface area contributed by atoms with Crippen molar-refractivity contribution in [3.8, 4) is 0 Å². The Hall–Kier alpha value is -1.55. The van der Waals surface area contributed by atoms with Crippen LogP contribution in [0.1, 0.15) is 43.6 Å². The van der Waals surface area contributed by atoms with Gasteiger partial charge in [0, 0.05) is 31.0 Å². The number of amides is 2. The molecular formula is C16H21ClN2O2. The van der Waals surface area contributed by atoms with Crippen molar-refractivity contribution in [1.29, 1.82) is 0 Å². The second-order valence-electron chi connectivity index (χ2n) is 5.53. The van der Waals surface area contributed by atoms with Crippen LogP contribution in [-0.2, 0) is 9.59 Å². The third kappa shape index (κ3) is 4.74. The van der Waals surface area contributed by atoms with Crippen LogP contribution in [0.15, 0.2) is 24.3 Å². The number of hydrogen-bond donors (Lipinski definition) is 1. The third-order valence-corrected chi connectivity index (χ3v) is 4.21. The Labute approximate surface area is 130 Å². The van der Waals surface area contributed by atoms with Gasteiger partial charge in [0.1, 0.15) is 0 Å². The molecule has 1 aromatic carbocycles. The predicted octanol–water partition coefficient (Wildman–Crippen LogP) is 2.70. The van der Waals surface area contributed by atoms with Crippen LogP contribution in [-0.4, -0.2) is 29.8 Å². The lowest BCUT2D eigenvalue weighted by molar-refractivity contribution is -0.131. The minimum absolute atomic E-state index is 0.170. The number of rotatable bonds is 5. The minimum atomic E-state index is -0.311. The normalized spacial score (nSPS) is 19.4. The second kappa shape index (κ2) is 7.46. The average molecular weight is 309 g/mol. The zero-order valence-corrected chi connectivity index (χ0v) is 12.8. The van der Waals surface area contributed by atoms with Crippen LogP contribution in [0.25, 0.3) is 0 Å². The van der Waals surface area contributed by atoms with Gasteiger partial charge in [-0.15, -0.1) is 0 Å². The van der Waals surface area contributed by atoms with Gasteiger partial charge in [0.2, 0.25) is 11.8 Å². The number of nitrogens with two attached hydrogens (primary N) is 1. The van der Waals surface area contributed by atoms with Gasteiger partial charge in [0.25, 0.3) is 0 Å². The Kier molecular flexibility index (Phi) is 5.62. The molecule has 0 radical (unpaired) electrons. The number of nitrogens with zero attached hydrogens (tertiary/aromatic N) is 1. The summed E-state index contributed by atoms with van der Waals surface area (Å²) in [5.41, 5.74) is 6.33. The van der Waals surface area contributed by atoms with Gasteiger partial charge in [-0.05, 0) is 42.9 Å². The van der Waals surface area contributed by atoms with E-state index in [4.69, 9.17) is 17.3 Å². The molecule has 1 aliphatic heterocycles. The van der Waals surface area contributed by atoms with Crippen molar-refractivity contribution in [2.75, 3.05) is 13.1 Å². The number of primary amides is 1. The summed E-state index contributed by atoms with van der Waals surface area (Å²) in [4.78, 5) is 24.7. The monoisotopic (exact) mass is 308 g/mol. The summed E-state index contributed by atoms with van der Waals surface area (Å²) in [6.45, 7) is 1.35. The van der Waals surface area contributed by atoms with Gasteiger partial charge < -0.3 is 10.6 Å². The highest BCUT2D eigenvalue weighted by atomic mass is 35.5. The van der Waals surface area contributed by atoms with Crippen LogP contribution in [0.3, 0.4) is 0 Å². The van der Waals surface area contributed by atoms with Gasteiger partial charge in [0.15, 0.2) is 0 Å². The predicted molar refractivity (Wildman–Crippen MR) is 83.1 cm³/mol. The average Bonchev–Trinajstić information content (AvgIpc) is 2.61. The molecule has 1 saturated heterocycles. The van der Waals surface area contributed by atoms with E-state index in [2.05, 4.69) is 6.07 Å². The number of carbonyl (C=O) groups is 2. The highest BCUT2D eigenvalue weighted by Gasteiger charge is 2.23. The van der Waals surface area contributed by atoms with Gasteiger partial charge in [-0.3, -0.25) is 9.59 Å². The van der Waals surface area contributed by atoms with Crippen molar-refractivity contribution in [3.63, 3.8) is 0 Å². The molecule has 5 heteroatoms. The maximum Gasteiger partial charge on any atom is 0.222 e. The van der Waals surface area contributed by atoms with Crippen LogP contribution in [0.4, 0.5) is 0 Å². The lowest BCUT2D eigenvalue weighted by atomic mass is 9.92. The Balaban J connectivity index is 1.94. The van der Waals surface area contributed by atoms with E-state index in [1.165, 1.54) is 5.56 Å². The Morgan fingerprint density at radius 3 is 2.90 bits per heavy atom. The lowest BCUT2D eigenvalue weighted by Crippen LogP contribution is -2.31. The molecule has 4 nitrogen and oxygen atoms in total. The van der Waals surface area contributed by atoms with Crippen LogP contribution in [0.2, 0.25) is 5.02 Å². The topological polar surface area (TPSA) is 63.4 Å². The van der Waals surface area contributed by atoms with E-state index < -0.39 is 0 Å². The molecule has 0 aromatic heterocycles. The van der Waals surface area contributed by atoms with E-state index in [0.29, 0.717) is 31.7 Å². The summed E-state index contributed by atoms with van der Waals surface area (Å²) in [5, 5.41) is 0.737. The maximum atomic E-state index is 12.1. The standard InChI is InChI=1S/C16H21ClN2O2/c17-14-4-1-3-13(11-14)12-6-7-16(21)19(10-8-12)9-2-5-15(18)20/h1,3-4,11-12H,2,5-10H2,(H2,18,20). The number of hydrogen-bond acceptors (Lipinski definition) is 2. The number of carbonyl (C=O) groups excluding carboxylic acids is 2. The molecule has 114 valence electrons. The Bertz CT molecular complexity index is 519. The smallest absolute Gasteiger partial charge is 0.222 e. The number of benzene rings is 1. The second-order valence-corrected chi connectivity index (χ2v) is 5.97. The Morgan fingerprint density at radius 2 is 2.19 bits per heavy atom. The first-order chi connectivity index (χ1) is 10.1. The van der Waals surface area contributed by atoms with Gasteiger partial charge in [-0.1, -0.05) is 23.7 Å². The molecule has 21 heavy (non-hydrogen) atoms. The fourth-order valence-corrected chi connectivity index (χ4v) is 3.01. The molecule has 0 saturated carbocycles. The van der Waals surface area contributed by atoms with E-state index in [1.807, 2.05) is 23.1 Å². The Morgan fingerprint density at radius 1 is 1.38 bits per heavy atom. The van der Waals surface area contributed by atoms with E-state index in [0.717, 1.165) is 24.4 Å². The summed E-state index contributed by atoms with van der Waals surface area (Å²) in [5.74, 6) is 0.229. The number of halogens is 1. The molecule has 1 heterocycles. The summed E-state index contributed by atoms with van der Waals surface area (Å²) in [6.07, 6.45) is 3.31. The maximum absolute atomic E-state index is 12.1. The highest BCUT2D eigenvalue weighted by Crippen LogP contribution is 2.30. The van der Waals surface area contributed by atoms with E-state index >= 15 is 0 Å². The van der Waals surface area contributed by atoms with Crippen molar-refractivity contribution in [3.05, 3.63) is 34.9 Å².